The molecule has 5 heteroatoms. The van der Waals surface area contributed by atoms with Crippen molar-refractivity contribution in [1.29, 1.82) is 0 Å². The number of nitrogen functional groups attached to an aromatic ring is 1. The molecule has 2 fully saturated rings. The summed E-state index contributed by atoms with van der Waals surface area (Å²) in [6.45, 7) is 0.744. The van der Waals surface area contributed by atoms with Crippen LogP contribution in [0.3, 0.4) is 0 Å². The molecule has 0 spiro atoms. The zero-order valence-corrected chi connectivity index (χ0v) is 10.4. The Bertz CT molecular complexity index is 499. The van der Waals surface area contributed by atoms with E-state index >= 15 is 0 Å². The average molecular weight is 254 g/mol. The summed E-state index contributed by atoms with van der Waals surface area (Å²) >= 11 is 5.72. The van der Waals surface area contributed by atoms with Crippen LogP contribution in [0.15, 0.2) is 11.1 Å². The number of hydrogen-bond donors (Lipinski definition) is 1. The second-order valence-electron chi connectivity index (χ2n) is 5.34. The largest absolute Gasteiger partial charge is 0.392 e. The normalized spacial score (nSPS) is 31.0. The molecular formula is C12H16ClN3O. The maximum absolute atomic E-state index is 11.9. The van der Waals surface area contributed by atoms with E-state index in [1.54, 1.807) is 4.57 Å². The number of aromatic nitrogens is 2. The van der Waals surface area contributed by atoms with E-state index in [1.165, 1.54) is 32.0 Å². The minimum Gasteiger partial charge on any atom is -0.392 e. The molecule has 0 aromatic carbocycles. The van der Waals surface area contributed by atoms with Crippen molar-refractivity contribution in [1.82, 2.24) is 9.55 Å². The van der Waals surface area contributed by atoms with Gasteiger partial charge in [0, 0.05) is 6.54 Å². The molecule has 2 bridgehead atoms. The predicted octanol–water partition coefficient (Wildman–Crippen LogP) is 1.92. The lowest BCUT2D eigenvalue weighted by Gasteiger charge is -2.22. The number of halogens is 1. The van der Waals surface area contributed by atoms with Crippen molar-refractivity contribution in [3.63, 3.8) is 0 Å². The Kier molecular flexibility index (Phi) is 2.62. The van der Waals surface area contributed by atoms with E-state index in [0.29, 0.717) is 5.92 Å². The molecule has 3 unspecified atom stereocenters. The molecule has 4 nitrogen and oxygen atoms in total. The highest BCUT2D eigenvalue weighted by atomic mass is 35.5. The molecule has 0 radical (unpaired) electrons. The van der Waals surface area contributed by atoms with Crippen molar-refractivity contribution >= 4 is 17.3 Å². The summed E-state index contributed by atoms with van der Waals surface area (Å²) in [5.74, 6) is 2.30. The molecule has 2 aliphatic rings. The molecule has 0 saturated heterocycles. The summed E-state index contributed by atoms with van der Waals surface area (Å²) < 4.78 is 1.62. The molecule has 2 saturated carbocycles. The van der Waals surface area contributed by atoms with Crippen molar-refractivity contribution < 1.29 is 0 Å². The van der Waals surface area contributed by atoms with E-state index in [0.717, 1.165) is 18.4 Å². The van der Waals surface area contributed by atoms with E-state index < -0.39 is 0 Å². The van der Waals surface area contributed by atoms with Crippen molar-refractivity contribution in [2.75, 3.05) is 5.73 Å². The van der Waals surface area contributed by atoms with Crippen LogP contribution in [0.1, 0.15) is 25.7 Å². The zero-order valence-electron chi connectivity index (χ0n) is 9.60. The fourth-order valence-electron chi connectivity index (χ4n) is 3.47. The van der Waals surface area contributed by atoms with Gasteiger partial charge in [-0.1, -0.05) is 18.0 Å². The highest BCUT2D eigenvalue weighted by Crippen LogP contribution is 2.48. The second-order valence-corrected chi connectivity index (χ2v) is 5.70. The smallest absolute Gasteiger partial charge is 0.278 e. The average Bonchev–Trinajstić information content (AvgIpc) is 2.92. The summed E-state index contributed by atoms with van der Waals surface area (Å²) in [6, 6.07) is 0. The van der Waals surface area contributed by atoms with E-state index in [1.807, 2.05) is 0 Å². The number of anilines is 1. The summed E-state index contributed by atoms with van der Waals surface area (Å²) in [7, 11) is 0. The van der Waals surface area contributed by atoms with Crippen LogP contribution in [-0.4, -0.2) is 9.55 Å². The number of rotatable bonds is 2. The van der Waals surface area contributed by atoms with Crippen LogP contribution < -0.4 is 11.3 Å². The third-order valence-electron chi connectivity index (χ3n) is 4.34. The maximum atomic E-state index is 11.9. The van der Waals surface area contributed by atoms with Gasteiger partial charge in [-0.3, -0.25) is 9.36 Å². The molecule has 17 heavy (non-hydrogen) atoms. The lowest BCUT2D eigenvalue weighted by molar-refractivity contribution is 0.292. The number of nitrogens with zero attached hydrogens (tertiary/aromatic N) is 2. The molecule has 0 amide bonds. The second kappa shape index (κ2) is 4.02. The van der Waals surface area contributed by atoms with Crippen LogP contribution in [-0.2, 0) is 6.54 Å². The minimum absolute atomic E-state index is 0.0670. The summed E-state index contributed by atoms with van der Waals surface area (Å²) in [4.78, 5) is 15.8. The Balaban J connectivity index is 1.82. The third-order valence-corrected chi connectivity index (χ3v) is 4.64. The Morgan fingerprint density at radius 3 is 2.94 bits per heavy atom. The molecule has 2 aliphatic carbocycles. The van der Waals surface area contributed by atoms with Crippen molar-refractivity contribution in [2.45, 2.75) is 32.2 Å². The summed E-state index contributed by atoms with van der Waals surface area (Å²) in [5.41, 5.74) is 5.47. The van der Waals surface area contributed by atoms with Crippen LogP contribution in [0, 0.1) is 17.8 Å². The fraction of sp³-hybridized carbons (Fsp3) is 0.667. The van der Waals surface area contributed by atoms with Gasteiger partial charge in [-0.15, -0.1) is 0 Å². The number of nitrogens with two attached hydrogens (primary N) is 1. The Labute approximate surface area is 105 Å². The number of hydrogen-bond acceptors (Lipinski definition) is 3. The van der Waals surface area contributed by atoms with E-state index in [-0.39, 0.29) is 16.4 Å². The van der Waals surface area contributed by atoms with Gasteiger partial charge in [0.15, 0.2) is 5.15 Å². The molecular weight excluding hydrogens is 238 g/mol. The SMILES string of the molecule is Nc1c(Cl)ncn(CC2CC3CCC2C3)c1=O. The van der Waals surface area contributed by atoms with Gasteiger partial charge in [0.1, 0.15) is 5.69 Å². The maximum Gasteiger partial charge on any atom is 0.278 e. The van der Waals surface area contributed by atoms with Gasteiger partial charge in [-0.25, -0.2) is 4.98 Å². The molecule has 3 atom stereocenters. The molecule has 92 valence electrons. The predicted molar refractivity (Wildman–Crippen MR) is 66.9 cm³/mol. The molecule has 1 aromatic rings. The van der Waals surface area contributed by atoms with Crippen LogP contribution >= 0.6 is 11.6 Å². The van der Waals surface area contributed by atoms with Crippen molar-refractivity contribution in [3.05, 3.63) is 21.8 Å². The van der Waals surface area contributed by atoms with Gasteiger partial charge in [-0.2, -0.15) is 0 Å². The Hall–Kier alpha value is -1.03. The molecule has 1 heterocycles. The topological polar surface area (TPSA) is 60.9 Å². The summed E-state index contributed by atoms with van der Waals surface area (Å²) in [5, 5.41) is 0.110. The van der Waals surface area contributed by atoms with E-state index in [4.69, 9.17) is 17.3 Å². The molecule has 1 aromatic heterocycles. The molecule has 0 aliphatic heterocycles. The van der Waals surface area contributed by atoms with Crippen molar-refractivity contribution in [3.8, 4) is 0 Å². The Morgan fingerprint density at radius 2 is 2.29 bits per heavy atom. The van der Waals surface area contributed by atoms with Crippen LogP contribution in [0.2, 0.25) is 5.15 Å². The van der Waals surface area contributed by atoms with Crippen LogP contribution in [0.4, 0.5) is 5.69 Å². The van der Waals surface area contributed by atoms with Crippen molar-refractivity contribution in [2.24, 2.45) is 17.8 Å². The zero-order chi connectivity index (χ0) is 12.0. The first-order valence-corrected chi connectivity index (χ1v) is 6.53. The van der Waals surface area contributed by atoms with Crippen LogP contribution in [0.25, 0.3) is 0 Å². The highest BCUT2D eigenvalue weighted by Gasteiger charge is 2.39. The first-order chi connectivity index (χ1) is 8.15. The van der Waals surface area contributed by atoms with Gasteiger partial charge < -0.3 is 5.73 Å². The van der Waals surface area contributed by atoms with Crippen LogP contribution in [0.5, 0.6) is 0 Å². The van der Waals surface area contributed by atoms with Gasteiger partial charge in [-0.05, 0) is 37.0 Å². The lowest BCUT2D eigenvalue weighted by Crippen LogP contribution is -2.28. The van der Waals surface area contributed by atoms with Gasteiger partial charge in [0.25, 0.3) is 5.56 Å². The lowest BCUT2D eigenvalue weighted by atomic mass is 9.89. The van der Waals surface area contributed by atoms with Gasteiger partial charge in [0.2, 0.25) is 0 Å². The van der Waals surface area contributed by atoms with Gasteiger partial charge >= 0.3 is 0 Å². The Morgan fingerprint density at radius 1 is 1.47 bits per heavy atom. The quantitative estimate of drug-likeness (QED) is 0.819. The molecule has 2 N–H and O–H groups in total. The number of fused-ring (bicyclic) bond motifs is 2. The first-order valence-electron chi connectivity index (χ1n) is 6.15. The monoisotopic (exact) mass is 253 g/mol. The minimum atomic E-state index is -0.201. The highest BCUT2D eigenvalue weighted by molar-refractivity contribution is 6.31. The standard InChI is InChI=1S/C12H16ClN3O/c13-11-10(14)12(17)16(6-15-11)5-9-4-7-1-2-8(9)3-7/h6-9H,1-5,14H2. The molecule has 3 rings (SSSR count). The van der Waals surface area contributed by atoms with Gasteiger partial charge in [0.05, 0.1) is 6.33 Å². The van der Waals surface area contributed by atoms with E-state index in [9.17, 15) is 4.79 Å². The van der Waals surface area contributed by atoms with E-state index in [2.05, 4.69) is 4.98 Å². The fourth-order valence-corrected chi connectivity index (χ4v) is 3.59. The first kappa shape index (κ1) is 11.1. The third kappa shape index (κ3) is 1.84. The summed E-state index contributed by atoms with van der Waals surface area (Å²) in [6.07, 6.45) is 6.81.